The van der Waals surface area contributed by atoms with Gasteiger partial charge in [0.25, 0.3) is 0 Å². The SMILES string of the molecule is CN(CC(=O)N(Cc1ccc(F)cc1)[C@@H](Cc1ccccc1)C(=O)NC[C@H]1CCCO1)S(C)(=O)=O. The van der Waals surface area contributed by atoms with E-state index in [0.29, 0.717) is 18.7 Å². The highest BCUT2D eigenvalue weighted by atomic mass is 32.2. The maximum atomic E-state index is 13.5. The Hall–Kier alpha value is -2.82. The van der Waals surface area contributed by atoms with Crippen LogP contribution < -0.4 is 5.32 Å². The molecule has 0 aliphatic carbocycles. The van der Waals surface area contributed by atoms with E-state index in [4.69, 9.17) is 4.74 Å². The monoisotopic (exact) mass is 505 g/mol. The number of hydrogen-bond acceptors (Lipinski definition) is 5. The van der Waals surface area contributed by atoms with Crippen LogP contribution in [0.2, 0.25) is 0 Å². The summed E-state index contributed by atoms with van der Waals surface area (Å²) in [6.07, 6.45) is 2.95. The summed E-state index contributed by atoms with van der Waals surface area (Å²) in [5.74, 6) is -1.31. The van der Waals surface area contributed by atoms with Crippen molar-refractivity contribution in [1.82, 2.24) is 14.5 Å². The Bertz CT molecular complexity index is 1090. The van der Waals surface area contributed by atoms with Gasteiger partial charge in [0.15, 0.2) is 0 Å². The van der Waals surface area contributed by atoms with Crippen LogP contribution in [-0.4, -0.2) is 74.6 Å². The Morgan fingerprint density at radius 1 is 1.11 bits per heavy atom. The summed E-state index contributed by atoms with van der Waals surface area (Å²) < 4.78 is 43.9. The van der Waals surface area contributed by atoms with E-state index in [0.717, 1.165) is 29.0 Å². The van der Waals surface area contributed by atoms with E-state index in [1.54, 1.807) is 12.1 Å². The summed E-state index contributed by atoms with van der Waals surface area (Å²) >= 11 is 0. The first-order chi connectivity index (χ1) is 16.6. The standard InChI is InChI=1S/C25H32FN3O5S/c1-28(35(2,32)33)18-24(30)29(17-20-10-12-21(26)13-11-20)23(15-19-7-4-3-5-8-19)25(31)27-16-22-9-6-14-34-22/h3-5,7-8,10-13,22-23H,6,9,14-18H2,1-2H3,(H,27,31)/t22-,23+/m1/s1. The molecule has 2 atom stereocenters. The van der Waals surface area contributed by atoms with E-state index in [9.17, 15) is 22.4 Å². The number of nitrogens with one attached hydrogen (secondary N) is 1. The summed E-state index contributed by atoms with van der Waals surface area (Å²) in [5, 5.41) is 2.91. The minimum Gasteiger partial charge on any atom is -0.376 e. The lowest BCUT2D eigenvalue weighted by Gasteiger charge is -2.32. The zero-order chi connectivity index (χ0) is 25.4. The minimum atomic E-state index is -3.62. The second-order valence-corrected chi connectivity index (χ2v) is 10.8. The summed E-state index contributed by atoms with van der Waals surface area (Å²) in [6, 6.07) is 14.0. The Morgan fingerprint density at radius 2 is 1.80 bits per heavy atom. The second-order valence-electron chi connectivity index (χ2n) is 8.75. The number of rotatable bonds is 11. The predicted octanol–water partition coefficient (Wildman–Crippen LogP) is 1.95. The Kier molecular flexibility index (Phi) is 9.36. The molecule has 0 saturated carbocycles. The van der Waals surface area contributed by atoms with E-state index in [1.165, 1.54) is 24.1 Å². The second kappa shape index (κ2) is 12.2. The largest absolute Gasteiger partial charge is 0.376 e. The molecular weight excluding hydrogens is 473 g/mol. The molecule has 0 aromatic heterocycles. The van der Waals surface area contributed by atoms with Crippen LogP contribution >= 0.6 is 0 Å². The molecule has 0 bridgehead atoms. The van der Waals surface area contributed by atoms with Crippen molar-refractivity contribution >= 4 is 21.8 Å². The molecule has 1 saturated heterocycles. The maximum absolute atomic E-state index is 13.5. The van der Waals surface area contributed by atoms with E-state index in [2.05, 4.69) is 5.32 Å². The number of likely N-dealkylation sites (N-methyl/N-ethyl adjacent to an activating group) is 1. The molecule has 0 unspecified atom stereocenters. The number of carbonyl (C=O) groups is 2. The van der Waals surface area contributed by atoms with Gasteiger partial charge >= 0.3 is 0 Å². The molecule has 10 heteroatoms. The van der Waals surface area contributed by atoms with Crippen LogP contribution in [0.3, 0.4) is 0 Å². The first kappa shape index (κ1) is 26.8. The van der Waals surface area contributed by atoms with Gasteiger partial charge in [0, 0.05) is 33.2 Å². The van der Waals surface area contributed by atoms with Gasteiger partial charge in [0.1, 0.15) is 11.9 Å². The smallest absolute Gasteiger partial charge is 0.243 e. The van der Waals surface area contributed by atoms with Crippen LogP contribution in [0.4, 0.5) is 4.39 Å². The minimum absolute atomic E-state index is 0.0154. The van der Waals surface area contributed by atoms with Gasteiger partial charge in [-0.2, -0.15) is 4.31 Å². The molecule has 35 heavy (non-hydrogen) atoms. The van der Waals surface area contributed by atoms with E-state index < -0.39 is 34.3 Å². The molecule has 2 aromatic carbocycles. The Labute approximate surface area is 206 Å². The van der Waals surface area contributed by atoms with Crippen LogP contribution in [0, 0.1) is 5.82 Å². The average Bonchev–Trinajstić information content (AvgIpc) is 3.34. The molecule has 8 nitrogen and oxygen atoms in total. The third kappa shape index (κ3) is 8.12. The third-order valence-electron chi connectivity index (χ3n) is 5.99. The third-order valence-corrected chi connectivity index (χ3v) is 7.25. The molecular formula is C25H32FN3O5S. The summed E-state index contributed by atoms with van der Waals surface area (Å²) in [6.45, 7) is 0.568. The molecule has 1 fully saturated rings. The lowest BCUT2D eigenvalue weighted by molar-refractivity contribution is -0.141. The summed E-state index contributed by atoms with van der Waals surface area (Å²) in [7, 11) is -2.30. The van der Waals surface area contributed by atoms with E-state index in [1.807, 2.05) is 30.3 Å². The highest BCUT2D eigenvalue weighted by Gasteiger charge is 2.32. The van der Waals surface area contributed by atoms with Crippen molar-refractivity contribution in [2.24, 2.45) is 0 Å². The lowest BCUT2D eigenvalue weighted by Crippen LogP contribution is -2.53. The number of sulfonamides is 1. The number of halogens is 1. The Morgan fingerprint density at radius 3 is 2.40 bits per heavy atom. The van der Waals surface area contributed by atoms with Crippen LogP contribution in [0.5, 0.6) is 0 Å². The predicted molar refractivity (Wildman–Crippen MR) is 130 cm³/mol. The average molecular weight is 506 g/mol. The fourth-order valence-electron chi connectivity index (χ4n) is 3.88. The molecule has 1 aliphatic heterocycles. The fraction of sp³-hybridized carbons (Fsp3) is 0.440. The molecule has 190 valence electrons. The number of benzene rings is 2. The highest BCUT2D eigenvalue weighted by molar-refractivity contribution is 7.88. The van der Waals surface area contributed by atoms with Gasteiger partial charge in [-0.1, -0.05) is 42.5 Å². The fourth-order valence-corrected chi connectivity index (χ4v) is 4.22. The van der Waals surface area contributed by atoms with Gasteiger partial charge in [-0.05, 0) is 36.1 Å². The van der Waals surface area contributed by atoms with Crippen molar-refractivity contribution in [3.63, 3.8) is 0 Å². The van der Waals surface area contributed by atoms with Crippen molar-refractivity contribution in [3.05, 3.63) is 71.5 Å². The molecule has 3 rings (SSSR count). The molecule has 1 N–H and O–H groups in total. The number of amides is 2. The molecule has 1 aliphatic rings. The van der Waals surface area contributed by atoms with Gasteiger partial charge in [-0.3, -0.25) is 9.59 Å². The molecule has 1 heterocycles. The topological polar surface area (TPSA) is 96.0 Å². The van der Waals surface area contributed by atoms with Crippen molar-refractivity contribution in [2.45, 2.75) is 38.0 Å². The number of nitrogens with zero attached hydrogens (tertiary/aromatic N) is 2. The maximum Gasteiger partial charge on any atom is 0.243 e. The van der Waals surface area contributed by atoms with Crippen molar-refractivity contribution in [3.8, 4) is 0 Å². The van der Waals surface area contributed by atoms with Crippen LogP contribution in [0.25, 0.3) is 0 Å². The quantitative estimate of drug-likeness (QED) is 0.504. The van der Waals surface area contributed by atoms with Crippen LogP contribution in [0.15, 0.2) is 54.6 Å². The zero-order valence-corrected chi connectivity index (χ0v) is 20.8. The van der Waals surface area contributed by atoms with Gasteiger partial charge < -0.3 is 15.0 Å². The zero-order valence-electron chi connectivity index (χ0n) is 20.0. The first-order valence-electron chi connectivity index (χ1n) is 11.5. The number of carbonyl (C=O) groups excluding carboxylic acids is 2. The van der Waals surface area contributed by atoms with Gasteiger partial charge in [-0.25, -0.2) is 12.8 Å². The van der Waals surface area contributed by atoms with E-state index in [-0.39, 0.29) is 25.0 Å². The van der Waals surface area contributed by atoms with E-state index >= 15 is 0 Å². The van der Waals surface area contributed by atoms with Crippen LogP contribution in [0.1, 0.15) is 24.0 Å². The van der Waals surface area contributed by atoms with Crippen molar-refractivity contribution in [1.29, 1.82) is 0 Å². The molecule has 0 spiro atoms. The van der Waals surface area contributed by atoms with Crippen molar-refractivity contribution < 1.29 is 27.1 Å². The molecule has 2 amide bonds. The molecule has 2 aromatic rings. The number of ether oxygens (including phenoxy) is 1. The van der Waals surface area contributed by atoms with Gasteiger partial charge in [-0.15, -0.1) is 0 Å². The van der Waals surface area contributed by atoms with Crippen molar-refractivity contribution in [2.75, 3.05) is 33.0 Å². The first-order valence-corrected chi connectivity index (χ1v) is 13.4. The summed E-state index contributed by atoms with van der Waals surface area (Å²) in [5.41, 5.74) is 1.46. The lowest BCUT2D eigenvalue weighted by atomic mass is 10.0. The normalized spacial score (nSPS) is 16.7. The molecule has 0 radical (unpaired) electrons. The van der Waals surface area contributed by atoms with Crippen LogP contribution in [-0.2, 0) is 37.3 Å². The number of hydrogen-bond donors (Lipinski definition) is 1. The highest BCUT2D eigenvalue weighted by Crippen LogP contribution is 2.17. The Balaban J connectivity index is 1.90. The van der Waals surface area contributed by atoms with Gasteiger partial charge in [0.2, 0.25) is 21.8 Å². The summed E-state index contributed by atoms with van der Waals surface area (Å²) in [4.78, 5) is 28.2. The van der Waals surface area contributed by atoms with Gasteiger partial charge in [0.05, 0.1) is 18.9 Å².